The van der Waals surface area contributed by atoms with Crippen molar-refractivity contribution in [1.29, 1.82) is 0 Å². The minimum atomic E-state index is -0.282. The molecule has 6 nitrogen and oxygen atoms in total. The molecule has 7 heteroatoms. The monoisotopic (exact) mass is 489 g/mol. The van der Waals surface area contributed by atoms with Crippen molar-refractivity contribution in [3.8, 4) is 5.69 Å². The SMILES string of the molecule is CCOC(=O)Cc1c(-n2cccc2)c2c3c(sc2n1CC(=O)Nc1ccc(C)cc1C)CCCC3. The first-order chi connectivity index (χ1) is 17.0. The van der Waals surface area contributed by atoms with Crippen LogP contribution in [0.5, 0.6) is 0 Å². The van der Waals surface area contributed by atoms with Gasteiger partial charge in [0.1, 0.15) is 11.4 Å². The molecule has 0 atom stereocenters. The fourth-order valence-electron chi connectivity index (χ4n) is 5.12. The molecular formula is C28H31N3O3S. The smallest absolute Gasteiger partial charge is 0.311 e. The molecule has 35 heavy (non-hydrogen) atoms. The van der Waals surface area contributed by atoms with Crippen LogP contribution in [0, 0.1) is 13.8 Å². The van der Waals surface area contributed by atoms with Crippen molar-refractivity contribution in [3.05, 3.63) is 70.0 Å². The number of carbonyl (C=O) groups excluding carboxylic acids is 2. The summed E-state index contributed by atoms with van der Waals surface area (Å²) in [4.78, 5) is 28.5. The van der Waals surface area contributed by atoms with Gasteiger partial charge in [-0.25, -0.2) is 0 Å². The van der Waals surface area contributed by atoms with E-state index >= 15 is 0 Å². The van der Waals surface area contributed by atoms with Gasteiger partial charge < -0.3 is 19.2 Å². The summed E-state index contributed by atoms with van der Waals surface area (Å²) in [5.41, 5.74) is 6.19. The second-order valence-corrected chi connectivity index (χ2v) is 10.3. The maximum absolute atomic E-state index is 13.3. The van der Waals surface area contributed by atoms with Crippen LogP contribution in [0.25, 0.3) is 15.9 Å². The predicted molar refractivity (Wildman–Crippen MR) is 141 cm³/mol. The molecule has 182 valence electrons. The number of nitrogens with one attached hydrogen (secondary N) is 1. The van der Waals surface area contributed by atoms with Gasteiger partial charge in [-0.2, -0.15) is 0 Å². The molecule has 0 fully saturated rings. The number of hydrogen-bond acceptors (Lipinski definition) is 4. The first-order valence-electron chi connectivity index (χ1n) is 12.3. The number of hydrogen-bond donors (Lipinski definition) is 1. The summed E-state index contributed by atoms with van der Waals surface area (Å²) in [6, 6.07) is 9.99. The third-order valence-corrected chi connectivity index (χ3v) is 7.99. The minimum absolute atomic E-state index is 0.107. The van der Waals surface area contributed by atoms with Gasteiger partial charge in [0.05, 0.1) is 24.4 Å². The van der Waals surface area contributed by atoms with Gasteiger partial charge in [-0.1, -0.05) is 17.7 Å². The maximum atomic E-state index is 13.3. The molecule has 3 heterocycles. The second-order valence-electron chi connectivity index (χ2n) is 9.21. The molecule has 3 aromatic heterocycles. The third kappa shape index (κ3) is 4.52. The quantitative estimate of drug-likeness (QED) is 0.337. The molecule has 5 rings (SSSR count). The van der Waals surface area contributed by atoms with Gasteiger partial charge in [-0.3, -0.25) is 9.59 Å². The topological polar surface area (TPSA) is 65.3 Å². The second kappa shape index (κ2) is 9.74. The third-order valence-electron chi connectivity index (χ3n) is 6.67. The molecule has 0 radical (unpaired) electrons. The highest BCUT2D eigenvalue weighted by atomic mass is 32.1. The van der Waals surface area contributed by atoms with Gasteiger partial charge in [0.2, 0.25) is 5.91 Å². The Morgan fingerprint density at radius 1 is 1.11 bits per heavy atom. The Kier molecular flexibility index (Phi) is 6.52. The van der Waals surface area contributed by atoms with E-state index in [9.17, 15) is 9.59 Å². The van der Waals surface area contributed by atoms with Crippen LogP contribution in [0.2, 0.25) is 0 Å². The van der Waals surface area contributed by atoms with Gasteiger partial charge in [0, 0.05) is 28.3 Å². The summed E-state index contributed by atoms with van der Waals surface area (Å²) >= 11 is 1.77. The van der Waals surface area contributed by atoms with Crippen molar-refractivity contribution < 1.29 is 14.3 Å². The predicted octanol–water partition coefficient (Wildman–Crippen LogP) is 5.73. The van der Waals surface area contributed by atoms with Gasteiger partial charge in [0.25, 0.3) is 0 Å². The molecule has 0 bridgehead atoms. The fraction of sp³-hybridized carbons (Fsp3) is 0.357. The lowest BCUT2D eigenvalue weighted by Crippen LogP contribution is -2.22. The van der Waals surface area contributed by atoms with E-state index in [2.05, 4.69) is 16.0 Å². The number of esters is 1. The van der Waals surface area contributed by atoms with E-state index in [1.165, 1.54) is 22.2 Å². The molecular weight excluding hydrogens is 458 g/mol. The largest absolute Gasteiger partial charge is 0.466 e. The zero-order valence-electron chi connectivity index (χ0n) is 20.5. The first kappa shape index (κ1) is 23.4. The Labute approximate surface area is 209 Å². The average Bonchev–Trinajstić information content (AvgIpc) is 3.53. The zero-order valence-corrected chi connectivity index (χ0v) is 21.3. The van der Waals surface area contributed by atoms with Crippen LogP contribution in [-0.2, 0) is 40.1 Å². The van der Waals surface area contributed by atoms with E-state index in [1.54, 1.807) is 11.3 Å². The number of thiophene rings is 1. The molecule has 0 aliphatic heterocycles. The van der Waals surface area contributed by atoms with Crippen molar-refractivity contribution in [1.82, 2.24) is 9.13 Å². The Morgan fingerprint density at radius 3 is 2.63 bits per heavy atom. The van der Waals surface area contributed by atoms with Gasteiger partial charge in [0.15, 0.2) is 0 Å². The summed E-state index contributed by atoms with van der Waals surface area (Å²) in [7, 11) is 0. The van der Waals surface area contributed by atoms with E-state index in [-0.39, 0.29) is 24.8 Å². The van der Waals surface area contributed by atoms with Crippen molar-refractivity contribution in [2.24, 2.45) is 0 Å². The summed E-state index contributed by atoms with van der Waals surface area (Å²) in [5, 5.41) is 4.26. The number of ether oxygens (including phenoxy) is 1. The van der Waals surface area contributed by atoms with Crippen LogP contribution in [0.3, 0.4) is 0 Å². The van der Waals surface area contributed by atoms with Crippen molar-refractivity contribution >= 4 is 39.1 Å². The molecule has 1 aliphatic carbocycles. The van der Waals surface area contributed by atoms with E-state index in [0.29, 0.717) is 6.61 Å². The van der Waals surface area contributed by atoms with Crippen LogP contribution < -0.4 is 5.32 Å². The Balaban J connectivity index is 1.62. The molecule has 1 aliphatic rings. The highest BCUT2D eigenvalue weighted by molar-refractivity contribution is 7.19. The number of benzene rings is 1. The number of anilines is 1. The fourth-order valence-corrected chi connectivity index (χ4v) is 6.54. The van der Waals surface area contributed by atoms with Crippen LogP contribution >= 0.6 is 11.3 Å². The maximum Gasteiger partial charge on any atom is 0.311 e. The van der Waals surface area contributed by atoms with Crippen LogP contribution in [0.1, 0.15) is 47.0 Å². The van der Waals surface area contributed by atoms with E-state index in [0.717, 1.165) is 52.3 Å². The molecule has 1 aromatic carbocycles. The Morgan fingerprint density at radius 2 is 1.89 bits per heavy atom. The molecule has 1 N–H and O–H groups in total. The lowest BCUT2D eigenvalue weighted by atomic mass is 9.96. The summed E-state index contributed by atoms with van der Waals surface area (Å²) in [6.07, 6.45) is 8.59. The van der Waals surface area contributed by atoms with Crippen LogP contribution in [0.4, 0.5) is 5.69 Å². The van der Waals surface area contributed by atoms with Gasteiger partial charge in [-0.15, -0.1) is 11.3 Å². The number of amides is 1. The molecule has 0 saturated carbocycles. The summed E-state index contributed by atoms with van der Waals surface area (Å²) in [6.45, 7) is 6.32. The number of rotatable bonds is 7. The number of carbonyl (C=O) groups is 2. The number of fused-ring (bicyclic) bond motifs is 3. The number of aromatic nitrogens is 2. The zero-order chi connectivity index (χ0) is 24.5. The van der Waals surface area contributed by atoms with E-state index in [1.807, 2.05) is 62.0 Å². The summed E-state index contributed by atoms with van der Waals surface area (Å²) in [5.74, 6) is -0.389. The molecule has 1 amide bonds. The normalized spacial score (nSPS) is 13.1. The van der Waals surface area contributed by atoms with Gasteiger partial charge in [-0.05, 0) is 75.8 Å². The van der Waals surface area contributed by atoms with Crippen LogP contribution in [-0.4, -0.2) is 27.6 Å². The van der Waals surface area contributed by atoms with Gasteiger partial charge >= 0.3 is 5.97 Å². The van der Waals surface area contributed by atoms with Crippen molar-refractivity contribution in [2.75, 3.05) is 11.9 Å². The van der Waals surface area contributed by atoms with E-state index in [4.69, 9.17) is 4.74 Å². The van der Waals surface area contributed by atoms with Crippen LogP contribution in [0.15, 0.2) is 42.7 Å². The Bertz CT molecular complexity index is 1390. The average molecular weight is 490 g/mol. The molecule has 0 spiro atoms. The highest BCUT2D eigenvalue weighted by Crippen LogP contribution is 2.43. The number of aryl methyl sites for hydroxylation is 4. The highest BCUT2D eigenvalue weighted by Gasteiger charge is 2.28. The molecule has 0 saturated heterocycles. The first-order valence-corrected chi connectivity index (χ1v) is 13.1. The lowest BCUT2D eigenvalue weighted by Gasteiger charge is -2.15. The summed E-state index contributed by atoms with van der Waals surface area (Å²) < 4.78 is 9.45. The number of nitrogens with zero attached hydrogens (tertiary/aromatic N) is 2. The minimum Gasteiger partial charge on any atom is -0.466 e. The van der Waals surface area contributed by atoms with Crippen molar-refractivity contribution in [3.63, 3.8) is 0 Å². The molecule has 4 aromatic rings. The standard InChI is InChI=1S/C28H31N3O3S/c1-4-34-25(33)16-22-27(30-13-7-8-14-30)26-20-9-5-6-10-23(20)35-28(26)31(22)17-24(32)29-21-12-11-18(2)15-19(21)3/h7-8,11-15H,4-6,9-10,16-17H2,1-3H3,(H,29,32). The lowest BCUT2D eigenvalue weighted by molar-refractivity contribution is -0.142. The Hall–Kier alpha value is -3.32. The molecule has 0 unspecified atom stereocenters. The van der Waals surface area contributed by atoms with E-state index < -0.39 is 0 Å². The van der Waals surface area contributed by atoms with Crippen molar-refractivity contribution in [2.45, 2.75) is 59.4 Å².